The molecule has 0 aromatic heterocycles. The van der Waals surface area contributed by atoms with E-state index in [2.05, 4.69) is 5.32 Å². The molecule has 0 saturated carbocycles. The van der Waals surface area contributed by atoms with E-state index in [-0.39, 0.29) is 18.1 Å². The molecule has 2 rings (SSSR count). The van der Waals surface area contributed by atoms with Gasteiger partial charge in [-0.3, -0.25) is 9.59 Å². The van der Waals surface area contributed by atoms with Crippen molar-refractivity contribution in [3.05, 3.63) is 65.7 Å². The minimum atomic E-state index is -1.25. The summed E-state index contributed by atoms with van der Waals surface area (Å²) in [5, 5.41) is 13.2. The van der Waals surface area contributed by atoms with E-state index in [4.69, 9.17) is 0 Å². The number of hydrogen-bond acceptors (Lipinski definition) is 3. The van der Waals surface area contributed by atoms with Gasteiger partial charge in [0, 0.05) is 17.7 Å². The smallest absolute Gasteiger partial charge is 0.227 e. The Morgan fingerprint density at radius 1 is 1.09 bits per heavy atom. The lowest BCUT2D eigenvalue weighted by Gasteiger charge is -2.23. The summed E-state index contributed by atoms with van der Waals surface area (Å²) < 4.78 is 0. The van der Waals surface area contributed by atoms with Crippen LogP contribution in [0.5, 0.6) is 0 Å². The summed E-state index contributed by atoms with van der Waals surface area (Å²) in [4.78, 5) is 23.9. The number of Topliss-reactive ketones (excluding diaryl/α,β-unsaturated/α-hetero) is 1. The number of carbonyl (C=O) groups excluding carboxylic acids is 2. The van der Waals surface area contributed by atoms with E-state index in [0.29, 0.717) is 23.2 Å². The first-order valence-corrected chi connectivity index (χ1v) is 7.63. The van der Waals surface area contributed by atoms with E-state index in [1.807, 2.05) is 18.2 Å². The van der Waals surface area contributed by atoms with E-state index in [1.54, 1.807) is 50.2 Å². The minimum absolute atomic E-state index is 0.0254. The van der Waals surface area contributed by atoms with Crippen molar-refractivity contribution in [3.63, 3.8) is 0 Å². The first-order valence-electron chi connectivity index (χ1n) is 7.63. The predicted molar refractivity (Wildman–Crippen MR) is 90.3 cm³/mol. The Morgan fingerprint density at radius 3 is 2.43 bits per heavy atom. The Morgan fingerprint density at radius 2 is 1.78 bits per heavy atom. The lowest BCUT2D eigenvalue weighted by atomic mass is 9.92. The van der Waals surface area contributed by atoms with Gasteiger partial charge in [0.25, 0.3) is 0 Å². The molecule has 1 amide bonds. The SMILES string of the molecule is CCC(=O)c1cccc(NC(=O)CC(C)(O)c2ccccc2)c1. The maximum atomic E-state index is 12.2. The second-order valence-electron chi connectivity index (χ2n) is 5.72. The molecule has 4 nitrogen and oxygen atoms in total. The standard InChI is InChI=1S/C19H21NO3/c1-3-17(21)14-8-7-11-16(12-14)20-18(22)13-19(2,23)15-9-5-4-6-10-15/h4-12,23H,3,13H2,1-2H3,(H,20,22). The third-order valence-electron chi connectivity index (χ3n) is 3.69. The fourth-order valence-corrected chi connectivity index (χ4v) is 2.39. The zero-order valence-electron chi connectivity index (χ0n) is 13.4. The number of aliphatic hydroxyl groups is 1. The number of rotatable bonds is 6. The lowest BCUT2D eigenvalue weighted by molar-refractivity contribution is -0.120. The molecule has 120 valence electrons. The van der Waals surface area contributed by atoms with Crippen LogP contribution < -0.4 is 5.32 Å². The summed E-state index contributed by atoms with van der Waals surface area (Å²) in [5.41, 5.74) is 0.561. The Bertz CT molecular complexity index is 693. The van der Waals surface area contributed by atoms with Gasteiger partial charge in [-0.15, -0.1) is 0 Å². The van der Waals surface area contributed by atoms with E-state index < -0.39 is 5.60 Å². The van der Waals surface area contributed by atoms with Crippen molar-refractivity contribution >= 4 is 17.4 Å². The zero-order chi connectivity index (χ0) is 16.9. The topological polar surface area (TPSA) is 66.4 Å². The minimum Gasteiger partial charge on any atom is -0.385 e. The van der Waals surface area contributed by atoms with E-state index >= 15 is 0 Å². The van der Waals surface area contributed by atoms with Crippen LogP contribution in [-0.2, 0) is 10.4 Å². The average molecular weight is 311 g/mol. The zero-order valence-corrected chi connectivity index (χ0v) is 13.4. The molecule has 0 aliphatic heterocycles. The highest BCUT2D eigenvalue weighted by atomic mass is 16.3. The molecule has 0 heterocycles. The fraction of sp³-hybridized carbons (Fsp3) is 0.263. The third kappa shape index (κ3) is 4.50. The molecule has 2 N–H and O–H groups in total. The Hall–Kier alpha value is -2.46. The maximum Gasteiger partial charge on any atom is 0.227 e. The van der Waals surface area contributed by atoms with Crippen LogP contribution in [0.2, 0.25) is 0 Å². The summed E-state index contributed by atoms with van der Waals surface area (Å²) in [6, 6.07) is 15.9. The number of nitrogens with one attached hydrogen (secondary N) is 1. The second-order valence-corrected chi connectivity index (χ2v) is 5.72. The van der Waals surface area contributed by atoms with Crippen molar-refractivity contribution < 1.29 is 14.7 Å². The average Bonchev–Trinajstić information content (AvgIpc) is 2.54. The fourth-order valence-electron chi connectivity index (χ4n) is 2.39. The van der Waals surface area contributed by atoms with Crippen molar-refractivity contribution in [3.8, 4) is 0 Å². The van der Waals surface area contributed by atoms with Gasteiger partial charge in [0.2, 0.25) is 5.91 Å². The van der Waals surface area contributed by atoms with Crippen LogP contribution in [0.25, 0.3) is 0 Å². The molecule has 2 aromatic carbocycles. The molecule has 0 aliphatic rings. The van der Waals surface area contributed by atoms with Gasteiger partial charge in [-0.1, -0.05) is 49.4 Å². The third-order valence-corrected chi connectivity index (χ3v) is 3.69. The van der Waals surface area contributed by atoms with Crippen molar-refractivity contribution in [1.82, 2.24) is 0 Å². The first kappa shape index (κ1) is 16.9. The van der Waals surface area contributed by atoms with Crippen LogP contribution in [0.1, 0.15) is 42.6 Å². The summed E-state index contributed by atoms with van der Waals surface area (Å²) >= 11 is 0. The molecule has 1 atom stereocenters. The van der Waals surface area contributed by atoms with Crippen molar-refractivity contribution in [2.24, 2.45) is 0 Å². The molecular weight excluding hydrogens is 290 g/mol. The monoisotopic (exact) mass is 311 g/mol. The number of hydrogen-bond donors (Lipinski definition) is 2. The van der Waals surface area contributed by atoms with Gasteiger partial charge in [-0.25, -0.2) is 0 Å². The highest BCUT2D eigenvalue weighted by Gasteiger charge is 2.26. The Balaban J connectivity index is 2.06. The summed E-state index contributed by atoms with van der Waals surface area (Å²) in [6.07, 6.45) is 0.350. The highest BCUT2D eigenvalue weighted by molar-refractivity contribution is 5.98. The number of anilines is 1. The maximum absolute atomic E-state index is 12.2. The molecule has 23 heavy (non-hydrogen) atoms. The Kier molecular flexibility index (Phi) is 5.29. The van der Waals surface area contributed by atoms with Crippen LogP contribution in [0.15, 0.2) is 54.6 Å². The molecule has 0 saturated heterocycles. The van der Waals surface area contributed by atoms with E-state index in [1.165, 1.54) is 0 Å². The van der Waals surface area contributed by atoms with E-state index in [9.17, 15) is 14.7 Å². The number of benzene rings is 2. The van der Waals surface area contributed by atoms with Gasteiger partial charge >= 0.3 is 0 Å². The van der Waals surface area contributed by atoms with Crippen molar-refractivity contribution in [2.45, 2.75) is 32.3 Å². The largest absolute Gasteiger partial charge is 0.385 e. The van der Waals surface area contributed by atoms with Gasteiger partial charge in [-0.05, 0) is 24.6 Å². The lowest BCUT2D eigenvalue weighted by Crippen LogP contribution is -2.28. The second kappa shape index (κ2) is 7.20. The van der Waals surface area contributed by atoms with Crippen molar-refractivity contribution in [2.75, 3.05) is 5.32 Å². The molecule has 0 radical (unpaired) electrons. The predicted octanol–water partition coefficient (Wildman–Crippen LogP) is 3.52. The van der Waals surface area contributed by atoms with Crippen LogP contribution in [0, 0.1) is 0 Å². The quantitative estimate of drug-likeness (QED) is 0.802. The van der Waals surface area contributed by atoms with Gasteiger partial charge in [0.1, 0.15) is 0 Å². The summed E-state index contributed by atoms with van der Waals surface area (Å²) in [7, 11) is 0. The summed E-state index contributed by atoms with van der Waals surface area (Å²) in [5.74, 6) is -0.280. The van der Waals surface area contributed by atoms with Gasteiger partial charge in [0.15, 0.2) is 5.78 Å². The number of amides is 1. The van der Waals surface area contributed by atoms with Gasteiger partial charge < -0.3 is 10.4 Å². The molecule has 2 aromatic rings. The van der Waals surface area contributed by atoms with Crippen LogP contribution in [-0.4, -0.2) is 16.8 Å². The number of carbonyl (C=O) groups is 2. The van der Waals surface area contributed by atoms with Crippen LogP contribution >= 0.6 is 0 Å². The van der Waals surface area contributed by atoms with E-state index in [0.717, 1.165) is 0 Å². The van der Waals surface area contributed by atoms with Gasteiger partial charge in [-0.2, -0.15) is 0 Å². The molecule has 0 spiro atoms. The normalized spacial score (nSPS) is 13.2. The molecular formula is C19H21NO3. The molecule has 0 bridgehead atoms. The van der Waals surface area contributed by atoms with Crippen molar-refractivity contribution in [1.29, 1.82) is 0 Å². The first-order chi connectivity index (χ1) is 10.9. The van der Waals surface area contributed by atoms with Crippen LogP contribution in [0.3, 0.4) is 0 Å². The molecule has 4 heteroatoms. The van der Waals surface area contributed by atoms with Crippen LogP contribution in [0.4, 0.5) is 5.69 Å². The number of ketones is 1. The molecule has 1 unspecified atom stereocenters. The van der Waals surface area contributed by atoms with Gasteiger partial charge in [0.05, 0.1) is 12.0 Å². The highest BCUT2D eigenvalue weighted by Crippen LogP contribution is 2.25. The molecule has 0 aliphatic carbocycles. The summed E-state index contributed by atoms with van der Waals surface area (Å²) in [6.45, 7) is 3.41. The molecule has 0 fully saturated rings. The Labute approximate surface area is 136 Å².